The Morgan fingerprint density at radius 2 is 2.50 bits per heavy atom. The standard InChI is InChI=1S/C10H15N5S/c1-2-3-12-9(10-13-6-14-15-10)4-8-5-11-7-16-8/h5-7,9,12H,2-4H2,1H3,(H,13,14,15). The number of nitrogens with zero attached hydrogens (tertiary/aromatic N) is 3. The molecule has 5 nitrogen and oxygen atoms in total. The summed E-state index contributed by atoms with van der Waals surface area (Å²) in [5.41, 5.74) is 1.85. The number of nitrogens with one attached hydrogen (secondary N) is 2. The molecule has 0 saturated carbocycles. The van der Waals surface area contributed by atoms with Crippen LogP contribution in [0.3, 0.4) is 0 Å². The lowest BCUT2D eigenvalue weighted by Gasteiger charge is -2.14. The van der Waals surface area contributed by atoms with E-state index >= 15 is 0 Å². The average Bonchev–Trinajstić information content (AvgIpc) is 2.96. The minimum atomic E-state index is 0.197. The average molecular weight is 237 g/mol. The first-order valence-corrected chi connectivity index (χ1v) is 6.24. The molecule has 2 aromatic heterocycles. The lowest BCUT2D eigenvalue weighted by atomic mass is 10.1. The number of hydrogen-bond acceptors (Lipinski definition) is 5. The number of thiazole rings is 1. The Bertz CT molecular complexity index is 383. The fourth-order valence-electron chi connectivity index (χ4n) is 1.51. The molecule has 0 radical (unpaired) electrons. The minimum absolute atomic E-state index is 0.197. The number of hydrogen-bond donors (Lipinski definition) is 2. The van der Waals surface area contributed by atoms with Gasteiger partial charge in [-0.1, -0.05) is 6.92 Å². The molecule has 0 aliphatic heterocycles. The van der Waals surface area contributed by atoms with Crippen molar-refractivity contribution in [3.63, 3.8) is 0 Å². The van der Waals surface area contributed by atoms with Gasteiger partial charge in [0.15, 0.2) is 0 Å². The van der Waals surface area contributed by atoms with Gasteiger partial charge in [-0.15, -0.1) is 11.3 Å². The lowest BCUT2D eigenvalue weighted by Crippen LogP contribution is -2.24. The van der Waals surface area contributed by atoms with E-state index in [9.17, 15) is 0 Å². The third-order valence-corrected chi connectivity index (χ3v) is 3.10. The quantitative estimate of drug-likeness (QED) is 0.800. The summed E-state index contributed by atoms with van der Waals surface area (Å²) in [6, 6.07) is 0.197. The maximum absolute atomic E-state index is 4.21. The summed E-state index contributed by atoms with van der Waals surface area (Å²) in [5, 5.41) is 10.3. The van der Waals surface area contributed by atoms with Crippen LogP contribution in [0.5, 0.6) is 0 Å². The Morgan fingerprint density at radius 3 is 3.12 bits per heavy atom. The molecule has 0 fully saturated rings. The summed E-state index contributed by atoms with van der Waals surface area (Å²) in [6.45, 7) is 3.13. The molecule has 2 rings (SSSR count). The predicted octanol–water partition coefficient (Wildman–Crippen LogP) is 1.54. The van der Waals surface area contributed by atoms with Crippen LogP contribution in [0.25, 0.3) is 0 Å². The Balaban J connectivity index is 2.03. The summed E-state index contributed by atoms with van der Waals surface area (Å²) >= 11 is 1.67. The molecule has 1 atom stereocenters. The molecular weight excluding hydrogens is 222 g/mol. The van der Waals surface area contributed by atoms with Crippen molar-refractivity contribution in [1.82, 2.24) is 25.5 Å². The highest BCUT2D eigenvalue weighted by atomic mass is 32.1. The molecule has 1 unspecified atom stereocenters. The van der Waals surface area contributed by atoms with Gasteiger partial charge in [-0.25, -0.2) is 4.98 Å². The Labute approximate surface area is 98.3 Å². The van der Waals surface area contributed by atoms with Crippen molar-refractivity contribution in [2.45, 2.75) is 25.8 Å². The Kier molecular flexibility index (Phi) is 4.01. The van der Waals surface area contributed by atoms with E-state index in [2.05, 4.69) is 32.4 Å². The van der Waals surface area contributed by atoms with Crippen LogP contribution in [-0.4, -0.2) is 26.7 Å². The first kappa shape index (κ1) is 11.2. The molecule has 0 aliphatic rings. The zero-order valence-corrected chi connectivity index (χ0v) is 10.00. The highest BCUT2D eigenvalue weighted by Crippen LogP contribution is 2.17. The van der Waals surface area contributed by atoms with Gasteiger partial charge in [0.25, 0.3) is 0 Å². The van der Waals surface area contributed by atoms with E-state index in [1.807, 2.05) is 11.7 Å². The van der Waals surface area contributed by atoms with Crippen LogP contribution < -0.4 is 5.32 Å². The zero-order chi connectivity index (χ0) is 11.2. The topological polar surface area (TPSA) is 66.5 Å². The predicted molar refractivity (Wildman–Crippen MR) is 63.2 cm³/mol. The molecule has 0 amide bonds. The molecule has 6 heteroatoms. The molecule has 0 aromatic carbocycles. The van der Waals surface area contributed by atoms with Crippen LogP contribution in [0.2, 0.25) is 0 Å². The normalized spacial score (nSPS) is 12.8. The third kappa shape index (κ3) is 2.86. The van der Waals surface area contributed by atoms with Crippen molar-refractivity contribution in [3.05, 3.63) is 28.7 Å². The van der Waals surface area contributed by atoms with E-state index in [0.29, 0.717) is 0 Å². The zero-order valence-electron chi connectivity index (χ0n) is 9.18. The number of H-pyrrole nitrogens is 1. The van der Waals surface area contributed by atoms with Crippen LogP contribution in [-0.2, 0) is 6.42 Å². The summed E-state index contributed by atoms with van der Waals surface area (Å²) in [7, 11) is 0. The second kappa shape index (κ2) is 5.72. The van der Waals surface area contributed by atoms with E-state index < -0.39 is 0 Å². The Morgan fingerprint density at radius 1 is 1.56 bits per heavy atom. The molecular formula is C10H15N5S. The third-order valence-electron chi connectivity index (χ3n) is 2.29. The molecule has 0 spiro atoms. The van der Waals surface area contributed by atoms with E-state index in [0.717, 1.165) is 25.2 Å². The highest BCUT2D eigenvalue weighted by molar-refractivity contribution is 7.09. The van der Waals surface area contributed by atoms with Crippen molar-refractivity contribution >= 4 is 11.3 Å². The summed E-state index contributed by atoms with van der Waals surface area (Å²) in [6.07, 6.45) is 5.46. The van der Waals surface area contributed by atoms with Crippen molar-refractivity contribution in [3.8, 4) is 0 Å². The largest absolute Gasteiger partial charge is 0.307 e. The Hall–Kier alpha value is -1.27. The SMILES string of the molecule is CCCNC(Cc1cncs1)c1ncn[nH]1. The molecule has 0 bridgehead atoms. The number of aromatic amines is 1. The van der Waals surface area contributed by atoms with Gasteiger partial charge in [0.1, 0.15) is 12.2 Å². The van der Waals surface area contributed by atoms with E-state index in [1.165, 1.54) is 4.88 Å². The summed E-state index contributed by atoms with van der Waals surface area (Å²) in [4.78, 5) is 9.54. The van der Waals surface area contributed by atoms with Crippen molar-refractivity contribution in [1.29, 1.82) is 0 Å². The van der Waals surface area contributed by atoms with Crippen LogP contribution in [0.4, 0.5) is 0 Å². The van der Waals surface area contributed by atoms with Gasteiger partial charge in [0.2, 0.25) is 0 Å². The van der Waals surface area contributed by atoms with Gasteiger partial charge in [-0.2, -0.15) is 5.10 Å². The van der Waals surface area contributed by atoms with Crippen LogP contribution >= 0.6 is 11.3 Å². The van der Waals surface area contributed by atoms with Crippen molar-refractivity contribution in [2.75, 3.05) is 6.54 Å². The van der Waals surface area contributed by atoms with Crippen molar-refractivity contribution in [2.24, 2.45) is 0 Å². The maximum Gasteiger partial charge on any atom is 0.141 e. The van der Waals surface area contributed by atoms with Gasteiger partial charge >= 0.3 is 0 Å². The lowest BCUT2D eigenvalue weighted by molar-refractivity contribution is 0.508. The number of aromatic nitrogens is 4. The van der Waals surface area contributed by atoms with Gasteiger partial charge in [0, 0.05) is 17.5 Å². The van der Waals surface area contributed by atoms with Crippen LogP contribution in [0, 0.1) is 0 Å². The fraction of sp³-hybridized carbons (Fsp3) is 0.500. The number of rotatable bonds is 6. The first-order valence-electron chi connectivity index (χ1n) is 5.36. The van der Waals surface area contributed by atoms with Gasteiger partial charge in [0.05, 0.1) is 11.6 Å². The maximum atomic E-state index is 4.21. The van der Waals surface area contributed by atoms with Crippen LogP contribution in [0.1, 0.15) is 30.1 Å². The molecule has 16 heavy (non-hydrogen) atoms. The second-order valence-corrected chi connectivity index (χ2v) is 4.52. The van der Waals surface area contributed by atoms with Crippen molar-refractivity contribution < 1.29 is 0 Å². The molecule has 86 valence electrons. The molecule has 2 heterocycles. The minimum Gasteiger partial charge on any atom is -0.307 e. The molecule has 2 N–H and O–H groups in total. The first-order chi connectivity index (χ1) is 7.90. The fourth-order valence-corrected chi connectivity index (χ4v) is 2.15. The molecule has 0 aliphatic carbocycles. The van der Waals surface area contributed by atoms with Gasteiger partial charge in [-0.05, 0) is 13.0 Å². The van der Waals surface area contributed by atoms with E-state index in [1.54, 1.807) is 17.7 Å². The second-order valence-electron chi connectivity index (χ2n) is 3.55. The highest BCUT2D eigenvalue weighted by Gasteiger charge is 2.14. The van der Waals surface area contributed by atoms with E-state index in [4.69, 9.17) is 0 Å². The van der Waals surface area contributed by atoms with Gasteiger partial charge < -0.3 is 5.32 Å². The van der Waals surface area contributed by atoms with Crippen LogP contribution in [0.15, 0.2) is 18.0 Å². The van der Waals surface area contributed by atoms with E-state index in [-0.39, 0.29) is 6.04 Å². The molecule has 2 aromatic rings. The monoisotopic (exact) mass is 237 g/mol. The summed E-state index contributed by atoms with van der Waals surface area (Å²) in [5.74, 6) is 0.891. The smallest absolute Gasteiger partial charge is 0.141 e. The van der Waals surface area contributed by atoms with Gasteiger partial charge in [-0.3, -0.25) is 10.1 Å². The summed E-state index contributed by atoms with van der Waals surface area (Å²) < 4.78 is 0. The molecule has 0 saturated heterocycles.